The maximum absolute atomic E-state index is 10.4. The van der Waals surface area contributed by atoms with Crippen molar-refractivity contribution in [3.63, 3.8) is 0 Å². The van der Waals surface area contributed by atoms with Gasteiger partial charge in [0.25, 0.3) is 0 Å². The van der Waals surface area contributed by atoms with Crippen molar-refractivity contribution < 1.29 is 9.84 Å². The van der Waals surface area contributed by atoms with Crippen LogP contribution in [-0.2, 0) is 4.74 Å². The summed E-state index contributed by atoms with van der Waals surface area (Å²) in [4.78, 5) is 4.95. The van der Waals surface area contributed by atoms with Gasteiger partial charge in [0.1, 0.15) is 0 Å². The monoisotopic (exact) mass is 318 g/mol. The average molecular weight is 318 g/mol. The van der Waals surface area contributed by atoms with Crippen molar-refractivity contribution in [2.75, 3.05) is 39.3 Å². The third-order valence-electron chi connectivity index (χ3n) is 5.18. The van der Waals surface area contributed by atoms with E-state index in [-0.39, 0.29) is 0 Å². The number of hydrogen-bond acceptors (Lipinski definition) is 4. The van der Waals surface area contributed by atoms with Crippen LogP contribution < -0.4 is 0 Å². The molecule has 4 nitrogen and oxygen atoms in total. The molecule has 2 fully saturated rings. The van der Waals surface area contributed by atoms with Gasteiger partial charge < -0.3 is 9.84 Å². The second-order valence-electron chi connectivity index (χ2n) is 7.02. The minimum Gasteiger partial charge on any atom is -0.387 e. The molecule has 0 amide bonds. The summed E-state index contributed by atoms with van der Waals surface area (Å²) in [6.07, 6.45) is 3.77. The number of aliphatic hydroxyl groups excluding tert-OH is 1. The summed E-state index contributed by atoms with van der Waals surface area (Å²) in [6, 6.07) is 10.5. The van der Waals surface area contributed by atoms with Gasteiger partial charge in [0.2, 0.25) is 0 Å². The Morgan fingerprint density at radius 3 is 2.74 bits per heavy atom. The van der Waals surface area contributed by atoms with Gasteiger partial charge in [-0.15, -0.1) is 0 Å². The number of piperazine rings is 1. The molecule has 0 radical (unpaired) electrons. The van der Waals surface area contributed by atoms with Crippen LogP contribution in [0.3, 0.4) is 0 Å². The molecule has 2 aliphatic heterocycles. The van der Waals surface area contributed by atoms with Crippen LogP contribution in [0.2, 0.25) is 0 Å². The number of rotatable bonds is 5. The fourth-order valence-electron chi connectivity index (χ4n) is 3.75. The van der Waals surface area contributed by atoms with Crippen molar-refractivity contribution in [3.8, 4) is 0 Å². The van der Waals surface area contributed by atoms with E-state index in [2.05, 4.69) is 16.7 Å². The highest BCUT2D eigenvalue weighted by Crippen LogP contribution is 2.19. The summed E-state index contributed by atoms with van der Waals surface area (Å²) < 4.78 is 5.87. The number of aliphatic hydroxyl groups is 1. The quantitative estimate of drug-likeness (QED) is 0.904. The lowest BCUT2D eigenvalue weighted by atomic mass is 10.1. The maximum atomic E-state index is 10.4. The third kappa shape index (κ3) is 4.77. The van der Waals surface area contributed by atoms with Gasteiger partial charge in [-0.1, -0.05) is 30.3 Å². The van der Waals surface area contributed by atoms with E-state index in [1.54, 1.807) is 0 Å². The van der Waals surface area contributed by atoms with E-state index in [0.29, 0.717) is 12.1 Å². The van der Waals surface area contributed by atoms with Crippen molar-refractivity contribution in [1.82, 2.24) is 9.80 Å². The van der Waals surface area contributed by atoms with Crippen LogP contribution in [0.15, 0.2) is 30.3 Å². The largest absolute Gasteiger partial charge is 0.387 e. The van der Waals surface area contributed by atoms with Gasteiger partial charge in [-0.05, 0) is 31.7 Å². The zero-order valence-electron chi connectivity index (χ0n) is 14.2. The molecule has 1 aromatic rings. The molecule has 2 heterocycles. The van der Waals surface area contributed by atoms with Crippen molar-refractivity contribution in [2.45, 2.75) is 44.4 Å². The Kier molecular flexibility index (Phi) is 6.06. The topological polar surface area (TPSA) is 35.9 Å². The smallest absolute Gasteiger partial charge is 0.0917 e. The molecule has 23 heavy (non-hydrogen) atoms. The summed E-state index contributed by atoms with van der Waals surface area (Å²) in [6.45, 7) is 8.16. The third-order valence-corrected chi connectivity index (χ3v) is 5.18. The summed E-state index contributed by atoms with van der Waals surface area (Å²) >= 11 is 0. The highest BCUT2D eigenvalue weighted by molar-refractivity contribution is 5.17. The second kappa shape index (κ2) is 8.25. The standard InChI is InChI=1S/C19H30N2O2/c1-16-13-20(14-18-9-5-6-12-23-18)10-11-21(16)15-19(22)17-7-3-2-4-8-17/h2-4,7-8,16,18-19,22H,5-6,9-15H2,1H3/t16-,18-,19-/m1/s1. The number of ether oxygens (including phenoxy) is 1. The minimum absolute atomic E-state index is 0.396. The molecule has 4 heteroatoms. The molecular weight excluding hydrogens is 288 g/mol. The van der Waals surface area contributed by atoms with E-state index in [1.807, 2.05) is 30.3 Å². The molecule has 3 atom stereocenters. The first-order chi connectivity index (χ1) is 11.2. The molecule has 0 bridgehead atoms. The average Bonchev–Trinajstić information content (AvgIpc) is 2.59. The van der Waals surface area contributed by atoms with Gasteiger partial charge >= 0.3 is 0 Å². The lowest BCUT2D eigenvalue weighted by Gasteiger charge is -2.42. The zero-order chi connectivity index (χ0) is 16.1. The van der Waals surface area contributed by atoms with E-state index in [1.165, 1.54) is 19.3 Å². The van der Waals surface area contributed by atoms with Crippen molar-refractivity contribution >= 4 is 0 Å². The molecule has 1 N–H and O–H groups in total. The van der Waals surface area contributed by atoms with E-state index in [0.717, 1.165) is 44.9 Å². The number of β-amino-alcohol motifs (C(OH)–C–C–N with tert-alkyl or cyclic N) is 1. The van der Waals surface area contributed by atoms with Crippen LogP contribution >= 0.6 is 0 Å². The predicted molar refractivity (Wildman–Crippen MR) is 92.5 cm³/mol. The maximum Gasteiger partial charge on any atom is 0.0917 e. The SMILES string of the molecule is C[C@@H]1CN(C[C@H]2CCCCO2)CCN1C[C@@H](O)c1ccccc1. The van der Waals surface area contributed by atoms with E-state index in [9.17, 15) is 5.11 Å². The summed E-state index contributed by atoms with van der Waals surface area (Å²) in [5.41, 5.74) is 1.01. The molecule has 0 unspecified atom stereocenters. The van der Waals surface area contributed by atoms with Gasteiger partial charge in [-0.3, -0.25) is 9.80 Å². The highest BCUT2D eigenvalue weighted by atomic mass is 16.5. The van der Waals surface area contributed by atoms with Gasteiger partial charge in [0, 0.05) is 45.4 Å². The summed E-state index contributed by atoms with van der Waals surface area (Å²) in [7, 11) is 0. The first-order valence-corrected chi connectivity index (χ1v) is 9.03. The van der Waals surface area contributed by atoms with Crippen LogP contribution in [0.5, 0.6) is 0 Å². The Balaban J connectivity index is 1.46. The first-order valence-electron chi connectivity index (χ1n) is 9.03. The van der Waals surface area contributed by atoms with Gasteiger partial charge in [-0.2, -0.15) is 0 Å². The second-order valence-corrected chi connectivity index (χ2v) is 7.02. The molecule has 2 saturated heterocycles. The molecule has 0 aliphatic carbocycles. The van der Waals surface area contributed by atoms with Crippen LogP contribution in [0.25, 0.3) is 0 Å². The Morgan fingerprint density at radius 2 is 2.04 bits per heavy atom. The fraction of sp³-hybridized carbons (Fsp3) is 0.684. The van der Waals surface area contributed by atoms with Crippen LogP contribution in [0.1, 0.15) is 37.9 Å². The Labute approximate surface area is 140 Å². The normalized spacial score (nSPS) is 28.6. The van der Waals surface area contributed by atoms with Crippen LogP contribution in [0, 0.1) is 0 Å². The summed E-state index contributed by atoms with van der Waals surface area (Å²) in [5, 5.41) is 10.4. The minimum atomic E-state index is -0.396. The summed E-state index contributed by atoms with van der Waals surface area (Å²) in [5.74, 6) is 0. The lowest BCUT2D eigenvalue weighted by Crippen LogP contribution is -2.54. The Morgan fingerprint density at radius 1 is 1.22 bits per heavy atom. The first kappa shape index (κ1) is 16.9. The number of benzene rings is 1. The molecule has 128 valence electrons. The molecule has 0 aromatic heterocycles. The van der Waals surface area contributed by atoms with Crippen molar-refractivity contribution in [2.24, 2.45) is 0 Å². The number of nitrogens with zero attached hydrogens (tertiary/aromatic N) is 2. The lowest BCUT2D eigenvalue weighted by molar-refractivity contribution is -0.0259. The van der Waals surface area contributed by atoms with E-state index >= 15 is 0 Å². The van der Waals surface area contributed by atoms with Crippen LogP contribution in [0.4, 0.5) is 0 Å². The Hall–Kier alpha value is -0.940. The predicted octanol–water partition coefficient (Wildman–Crippen LogP) is 2.30. The Bertz CT molecular complexity index is 462. The van der Waals surface area contributed by atoms with Gasteiger partial charge in [0.15, 0.2) is 0 Å². The molecular formula is C19H30N2O2. The van der Waals surface area contributed by atoms with Gasteiger partial charge in [0.05, 0.1) is 12.2 Å². The zero-order valence-corrected chi connectivity index (χ0v) is 14.2. The van der Waals surface area contributed by atoms with E-state index in [4.69, 9.17) is 4.74 Å². The molecule has 3 rings (SSSR count). The number of hydrogen-bond donors (Lipinski definition) is 1. The van der Waals surface area contributed by atoms with Crippen molar-refractivity contribution in [3.05, 3.63) is 35.9 Å². The van der Waals surface area contributed by atoms with Crippen LogP contribution in [-0.4, -0.2) is 66.4 Å². The van der Waals surface area contributed by atoms with E-state index < -0.39 is 6.10 Å². The highest BCUT2D eigenvalue weighted by Gasteiger charge is 2.27. The molecule has 1 aromatic carbocycles. The van der Waals surface area contributed by atoms with Gasteiger partial charge in [-0.25, -0.2) is 0 Å². The van der Waals surface area contributed by atoms with Crippen molar-refractivity contribution in [1.29, 1.82) is 0 Å². The molecule has 0 spiro atoms. The fourth-order valence-corrected chi connectivity index (χ4v) is 3.75. The molecule has 2 aliphatic rings. The molecule has 0 saturated carbocycles.